The Hall–Kier alpha value is -1.63. The fraction of sp³-hybridized carbons (Fsp3) is 0.429. The second-order valence-electron chi connectivity index (χ2n) is 5.19. The number of carbonyl (C=O) groups excluding carboxylic acids is 1. The van der Waals surface area contributed by atoms with Gasteiger partial charge in [0.05, 0.1) is 4.47 Å². The molecule has 1 rings (SSSR count). The molecule has 0 fully saturated rings. The number of hydrogen-bond acceptors (Lipinski definition) is 3. The van der Waals surface area contributed by atoms with Crippen molar-refractivity contribution in [2.24, 2.45) is 0 Å². The highest BCUT2D eigenvalue weighted by atomic mass is 79.9. The summed E-state index contributed by atoms with van der Waals surface area (Å²) in [5.74, 6) is -1.34. The lowest BCUT2D eigenvalue weighted by molar-refractivity contribution is -0.138. The van der Waals surface area contributed by atoms with Crippen LogP contribution in [0.25, 0.3) is 0 Å². The maximum absolute atomic E-state index is 12.9. The van der Waals surface area contributed by atoms with Gasteiger partial charge in [0.25, 0.3) is 5.91 Å². The molecule has 0 heterocycles. The number of hydrogen-bond donors (Lipinski definition) is 2. The van der Waals surface area contributed by atoms with Crippen LogP contribution in [-0.4, -0.2) is 29.1 Å². The summed E-state index contributed by atoms with van der Waals surface area (Å²) in [4.78, 5) is 22.3. The third-order valence-corrected chi connectivity index (χ3v) is 3.31. The van der Waals surface area contributed by atoms with E-state index in [1.54, 1.807) is 13.8 Å². The van der Waals surface area contributed by atoms with Crippen molar-refractivity contribution in [3.05, 3.63) is 28.5 Å². The van der Waals surface area contributed by atoms with Gasteiger partial charge in [0.1, 0.15) is 11.6 Å². The standard InChI is InChI=1S/C14H17BrFNO4/c1-14(2,6-5-13(19)20)17-12(18)8-21-11-4-3-9(16)7-10(11)15/h3-4,7H,5-6,8H2,1-2H3,(H,17,18)(H,19,20). The summed E-state index contributed by atoms with van der Waals surface area (Å²) in [6.07, 6.45) is 0.284. The maximum atomic E-state index is 12.9. The molecule has 0 unspecified atom stereocenters. The van der Waals surface area contributed by atoms with E-state index >= 15 is 0 Å². The fourth-order valence-corrected chi connectivity index (χ4v) is 2.10. The molecule has 0 aromatic heterocycles. The SMILES string of the molecule is CC(C)(CCC(=O)O)NC(=O)COc1ccc(F)cc1Br. The Morgan fingerprint density at radius 1 is 1.43 bits per heavy atom. The molecule has 116 valence electrons. The average Bonchev–Trinajstić information content (AvgIpc) is 2.35. The van der Waals surface area contributed by atoms with Crippen LogP contribution < -0.4 is 10.1 Å². The normalized spacial score (nSPS) is 11.0. The summed E-state index contributed by atoms with van der Waals surface area (Å²) < 4.78 is 18.6. The van der Waals surface area contributed by atoms with Crippen LogP contribution in [0.15, 0.2) is 22.7 Å². The lowest BCUT2D eigenvalue weighted by atomic mass is 9.98. The maximum Gasteiger partial charge on any atom is 0.303 e. The average molecular weight is 362 g/mol. The van der Waals surface area contributed by atoms with Crippen molar-refractivity contribution >= 4 is 27.8 Å². The number of aliphatic carboxylic acids is 1. The zero-order valence-corrected chi connectivity index (χ0v) is 13.4. The van der Waals surface area contributed by atoms with Crippen LogP contribution in [0, 0.1) is 5.82 Å². The van der Waals surface area contributed by atoms with E-state index in [2.05, 4.69) is 21.2 Å². The van der Waals surface area contributed by atoms with E-state index in [1.807, 2.05) is 0 Å². The van der Waals surface area contributed by atoms with Crippen LogP contribution in [0.1, 0.15) is 26.7 Å². The number of nitrogens with one attached hydrogen (secondary N) is 1. The van der Waals surface area contributed by atoms with E-state index in [4.69, 9.17) is 9.84 Å². The molecule has 0 aliphatic carbocycles. The van der Waals surface area contributed by atoms with Crippen LogP contribution in [0.3, 0.4) is 0 Å². The second-order valence-corrected chi connectivity index (χ2v) is 6.04. The van der Waals surface area contributed by atoms with Crippen molar-refractivity contribution < 1.29 is 23.8 Å². The predicted molar refractivity (Wildman–Crippen MR) is 78.7 cm³/mol. The van der Waals surface area contributed by atoms with Gasteiger partial charge in [0.2, 0.25) is 0 Å². The van der Waals surface area contributed by atoms with Crippen LogP contribution in [0.4, 0.5) is 4.39 Å². The molecule has 21 heavy (non-hydrogen) atoms. The molecule has 0 radical (unpaired) electrons. The van der Waals surface area contributed by atoms with Gasteiger partial charge >= 0.3 is 5.97 Å². The van der Waals surface area contributed by atoms with Gasteiger partial charge in [-0.2, -0.15) is 0 Å². The van der Waals surface area contributed by atoms with Crippen LogP contribution in [0.5, 0.6) is 5.75 Å². The highest BCUT2D eigenvalue weighted by Crippen LogP contribution is 2.25. The van der Waals surface area contributed by atoms with E-state index in [-0.39, 0.29) is 18.9 Å². The molecule has 0 aliphatic heterocycles. The Morgan fingerprint density at radius 3 is 2.67 bits per heavy atom. The lowest BCUT2D eigenvalue weighted by Gasteiger charge is -2.25. The summed E-state index contributed by atoms with van der Waals surface area (Å²) in [7, 11) is 0. The van der Waals surface area contributed by atoms with Gasteiger partial charge in [-0.25, -0.2) is 4.39 Å². The molecule has 5 nitrogen and oxygen atoms in total. The smallest absolute Gasteiger partial charge is 0.303 e. The molecule has 7 heteroatoms. The topological polar surface area (TPSA) is 75.6 Å². The van der Waals surface area contributed by atoms with Gasteiger partial charge in [-0.15, -0.1) is 0 Å². The van der Waals surface area contributed by atoms with E-state index in [1.165, 1.54) is 18.2 Å². The van der Waals surface area contributed by atoms with Crippen molar-refractivity contribution in [1.29, 1.82) is 0 Å². The number of amides is 1. The van der Waals surface area contributed by atoms with Gasteiger partial charge in [0, 0.05) is 12.0 Å². The van der Waals surface area contributed by atoms with Crippen LogP contribution >= 0.6 is 15.9 Å². The van der Waals surface area contributed by atoms with E-state index in [0.717, 1.165) is 0 Å². The lowest BCUT2D eigenvalue weighted by Crippen LogP contribution is -2.45. The first-order valence-corrected chi connectivity index (χ1v) is 7.09. The minimum absolute atomic E-state index is 0.0301. The minimum Gasteiger partial charge on any atom is -0.483 e. The molecule has 2 N–H and O–H groups in total. The number of carbonyl (C=O) groups is 2. The molecule has 0 atom stereocenters. The molecule has 0 spiro atoms. The van der Waals surface area contributed by atoms with Crippen molar-refractivity contribution in [1.82, 2.24) is 5.32 Å². The minimum atomic E-state index is -0.913. The highest BCUT2D eigenvalue weighted by Gasteiger charge is 2.21. The Kier molecular flexibility index (Phi) is 6.14. The first kappa shape index (κ1) is 17.4. The number of rotatable bonds is 7. The van der Waals surface area contributed by atoms with Gasteiger partial charge < -0.3 is 15.2 Å². The van der Waals surface area contributed by atoms with Crippen molar-refractivity contribution in [3.63, 3.8) is 0 Å². The predicted octanol–water partition coefficient (Wildman–Crippen LogP) is 2.73. The molecule has 0 saturated heterocycles. The summed E-state index contributed by atoms with van der Waals surface area (Å²) in [6, 6.07) is 3.89. The Bertz CT molecular complexity index is 534. The summed E-state index contributed by atoms with van der Waals surface area (Å²) >= 11 is 3.14. The van der Waals surface area contributed by atoms with E-state index in [9.17, 15) is 14.0 Å². The molecular formula is C14H17BrFNO4. The molecule has 1 aromatic rings. The summed E-state index contributed by atoms with van der Waals surface area (Å²) in [6.45, 7) is 3.24. The third kappa shape index (κ3) is 6.57. The number of halogens is 2. The van der Waals surface area contributed by atoms with Gasteiger partial charge in [0.15, 0.2) is 6.61 Å². The highest BCUT2D eigenvalue weighted by molar-refractivity contribution is 9.10. The monoisotopic (exact) mass is 361 g/mol. The third-order valence-electron chi connectivity index (χ3n) is 2.69. The van der Waals surface area contributed by atoms with Crippen LogP contribution in [0.2, 0.25) is 0 Å². The Morgan fingerprint density at radius 2 is 2.10 bits per heavy atom. The number of carboxylic acids is 1. The molecule has 0 bridgehead atoms. The second kappa shape index (κ2) is 7.40. The first-order valence-electron chi connectivity index (χ1n) is 6.30. The van der Waals surface area contributed by atoms with Crippen molar-refractivity contribution in [3.8, 4) is 5.75 Å². The largest absolute Gasteiger partial charge is 0.483 e. The van der Waals surface area contributed by atoms with Gasteiger partial charge in [-0.05, 0) is 54.4 Å². The molecule has 0 aliphatic rings. The zero-order valence-electron chi connectivity index (χ0n) is 11.8. The Labute approximate surface area is 130 Å². The van der Waals surface area contributed by atoms with E-state index in [0.29, 0.717) is 16.6 Å². The van der Waals surface area contributed by atoms with Gasteiger partial charge in [-0.1, -0.05) is 0 Å². The van der Waals surface area contributed by atoms with Crippen molar-refractivity contribution in [2.45, 2.75) is 32.2 Å². The van der Waals surface area contributed by atoms with Gasteiger partial charge in [-0.3, -0.25) is 9.59 Å². The number of benzene rings is 1. The summed E-state index contributed by atoms with van der Waals surface area (Å²) in [5, 5.41) is 11.3. The number of carboxylic acid groups (broad SMARTS) is 1. The molecule has 1 amide bonds. The fourth-order valence-electron chi connectivity index (χ4n) is 1.63. The summed E-state index contributed by atoms with van der Waals surface area (Å²) in [5.41, 5.74) is -0.640. The Balaban J connectivity index is 2.48. The number of ether oxygens (including phenoxy) is 1. The first-order chi connectivity index (χ1) is 9.69. The van der Waals surface area contributed by atoms with Crippen LogP contribution in [-0.2, 0) is 9.59 Å². The molecular weight excluding hydrogens is 345 g/mol. The molecule has 0 saturated carbocycles. The molecule has 1 aromatic carbocycles. The van der Waals surface area contributed by atoms with Crippen molar-refractivity contribution in [2.75, 3.05) is 6.61 Å². The van der Waals surface area contributed by atoms with E-state index < -0.39 is 17.3 Å². The zero-order chi connectivity index (χ0) is 16.0. The quantitative estimate of drug-likeness (QED) is 0.782.